The molecule has 3 aromatic rings. The number of nitrogens with zero attached hydrogens (tertiary/aromatic N) is 1. The highest BCUT2D eigenvalue weighted by Crippen LogP contribution is 2.26. The van der Waals surface area contributed by atoms with Crippen molar-refractivity contribution in [1.82, 2.24) is 4.90 Å². The molecule has 0 aliphatic rings. The largest absolute Gasteiger partial charge is 0.355 e. The third-order valence-corrected chi connectivity index (χ3v) is 3.52. The van der Waals surface area contributed by atoms with Crippen LogP contribution in [0.15, 0.2) is 66.7 Å². The third-order valence-electron chi connectivity index (χ3n) is 3.52. The fraction of sp³-hybridized carbons (Fsp3) is 0.158. The van der Waals surface area contributed by atoms with Crippen molar-refractivity contribution in [1.29, 1.82) is 0 Å². The molecule has 21 heavy (non-hydrogen) atoms. The monoisotopic (exact) mass is 276 g/mol. The molecular weight excluding hydrogens is 256 g/mol. The number of rotatable bonds is 4. The molecule has 0 aliphatic carbocycles. The highest BCUT2D eigenvalue weighted by atomic mass is 15.0. The van der Waals surface area contributed by atoms with Gasteiger partial charge in [0.05, 0.1) is 0 Å². The first-order valence-corrected chi connectivity index (χ1v) is 7.21. The van der Waals surface area contributed by atoms with Gasteiger partial charge in [-0.25, -0.2) is 0 Å². The van der Waals surface area contributed by atoms with Crippen molar-refractivity contribution >= 4 is 22.1 Å². The van der Waals surface area contributed by atoms with Crippen LogP contribution in [0.25, 0.3) is 10.8 Å². The van der Waals surface area contributed by atoms with Gasteiger partial charge in [0.15, 0.2) is 0 Å². The van der Waals surface area contributed by atoms with E-state index in [4.69, 9.17) is 0 Å². The van der Waals surface area contributed by atoms with Crippen LogP contribution in [0.4, 0.5) is 11.4 Å². The van der Waals surface area contributed by atoms with Crippen LogP contribution in [0.1, 0.15) is 5.56 Å². The molecule has 0 saturated carbocycles. The van der Waals surface area contributed by atoms with Gasteiger partial charge in [0.1, 0.15) is 0 Å². The number of anilines is 2. The maximum Gasteiger partial charge on any atom is 0.0463 e. The average Bonchev–Trinajstić information content (AvgIpc) is 2.49. The Labute approximate surface area is 126 Å². The lowest BCUT2D eigenvalue weighted by molar-refractivity contribution is 0.402. The number of hydrogen-bond acceptors (Lipinski definition) is 2. The van der Waals surface area contributed by atoms with Gasteiger partial charge >= 0.3 is 0 Å². The molecule has 0 bridgehead atoms. The van der Waals surface area contributed by atoms with Crippen LogP contribution in [0.5, 0.6) is 0 Å². The summed E-state index contributed by atoms with van der Waals surface area (Å²) in [6.07, 6.45) is 0. The summed E-state index contributed by atoms with van der Waals surface area (Å²) in [5, 5.41) is 6.02. The standard InChI is InChI=1S/C19H20N2/c1-21(2)14-15-10-12-17(13-11-15)20-19-9-5-7-16-6-3-4-8-18(16)19/h3-13,20H,14H2,1-2H3. The molecule has 3 rings (SSSR count). The van der Waals surface area contributed by atoms with Gasteiger partial charge in [-0.05, 0) is 43.2 Å². The second-order valence-electron chi connectivity index (χ2n) is 5.59. The number of nitrogens with one attached hydrogen (secondary N) is 1. The average molecular weight is 276 g/mol. The molecule has 0 spiro atoms. The van der Waals surface area contributed by atoms with E-state index in [0.29, 0.717) is 0 Å². The SMILES string of the molecule is CN(C)Cc1ccc(Nc2cccc3ccccc23)cc1. The van der Waals surface area contributed by atoms with E-state index in [1.54, 1.807) is 0 Å². The molecule has 0 aromatic heterocycles. The summed E-state index contributed by atoms with van der Waals surface area (Å²) >= 11 is 0. The van der Waals surface area contributed by atoms with E-state index in [1.807, 2.05) is 0 Å². The molecular formula is C19H20N2. The lowest BCUT2D eigenvalue weighted by atomic mass is 10.1. The highest BCUT2D eigenvalue weighted by molar-refractivity contribution is 5.95. The summed E-state index contributed by atoms with van der Waals surface area (Å²) in [6, 6.07) is 23.4. The van der Waals surface area contributed by atoms with Crippen LogP contribution >= 0.6 is 0 Å². The molecule has 0 atom stereocenters. The van der Waals surface area contributed by atoms with Crippen molar-refractivity contribution in [2.24, 2.45) is 0 Å². The van der Waals surface area contributed by atoms with Gasteiger partial charge in [0.2, 0.25) is 0 Å². The molecule has 0 heterocycles. The Hall–Kier alpha value is -2.32. The minimum atomic E-state index is 0.967. The van der Waals surface area contributed by atoms with E-state index in [1.165, 1.54) is 16.3 Å². The van der Waals surface area contributed by atoms with E-state index in [2.05, 4.69) is 91.0 Å². The Morgan fingerprint density at radius 2 is 1.52 bits per heavy atom. The van der Waals surface area contributed by atoms with Crippen molar-refractivity contribution in [2.45, 2.75) is 6.54 Å². The Bertz CT molecular complexity index is 725. The topological polar surface area (TPSA) is 15.3 Å². The molecule has 106 valence electrons. The summed E-state index contributed by atoms with van der Waals surface area (Å²) < 4.78 is 0. The van der Waals surface area contributed by atoms with Crippen molar-refractivity contribution in [3.05, 3.63) is 72.3 Å². The first-order chi connectivity index (χ1) is 10.2. The number of fused-ring (bicyclic) bond motifs is 1. The van der Waals surface area contributed by atoms with E-state index in [0.717, 1.165) is 17.9 Å². The second-order valence-corrected chi connectivity index (χ2v) is 5.59. The van der Waals surface area contributed by atoms with Gasteiger partial charge in [-0.3, -0.25) is 0 Å². The summed E-state index contributed by atoms with van der Waals surface area (Å²) in [6.45, 7) is 0.967. The molecule has 0 unspecified atom stereocenters. The second kappa shape index (κ2) is 5.98. The molecule has 1 N–H and O–H groups in total. The molecule has 0 saturated heterocycles. The molecule has 3 aromatic carbocycles. The zero-order chi connectivity index (χ0) is 14.7. The zero-order valence-corrected chi connectivity index (χ0v) is 12.5. The van der Waals surface area contributed by atoms with Crippen LogP contribution in [0.3, 0.4) is 0 Å². The lowest BCUT2D eigenvalue weighted by Gasteiger charge is -2.12. The van der Waals surface area contributed by atoms with E-state index in [9.17, 15) is 0 Å². The minimum absolute atomic E-state index is 0.967. The van der Waals surface area contributed by atoms with Gasteiger partial charge in [-0.1, -0.05) is 48.5 Å². The molecule has 0 radical (unpaired) electrons. The van der Waals surface area contributed by atoms with Crippen LogP contribution in [-0.4, -0.2) is 19.0 Å². The Morgan fingerprint density at radius 1 is 0.810 bits per heavy atom. The predicted molar refractivity (Wildman–Crippen MR) is 91.1 cm³/mol. The molecule has 0 fully saturated rings. The summed E-state index contributed by atoms with van der Waals surface area (Å²) in [5.74, 6) is 0. The zero-order valence-electron chi connectivity index (χ0n) is 12.5. The Morgan fingerprint density at radius 3 is 2.29 bits per heavy atom. The fourth-order valence-electron chi connectivity index (χ4n) is 2.55. The number of hydrogen-bond donors (Lipinski definition) is 1. The van der Waals surface area contributed by atoms with Crippen molar-refractivity contribution in [3.63, 3.8) is 0 Å². The van der Waals surface area contributed by atoms with Crippen LogP contribution in [0, 0.1) is 0 Å². The van der Waals surface area contributed by atoms with E-state index in [-0.39, 0.29) is 0 Å². The molecule has 0 aliphatic heterocycles. The smallest absolute Gasteiger partial charge is 0.0463 e. The number of benzene rings is 3. The Kier molecular flexibility index (Phi) is 3.89. The quantitative estimate of drug-likeness (QED) is 0.746. The van der Waals surface area contributed by atoms with Crippen molar-refractivity contribution in [3.8, 4) is 0 Å². The first kappa shape index (κ1) is 13.7. The van der Waals surface area contributed by atoms with Gasteiger partial charge in [-0.15, -0.1) is 0 Å². The normalized spacial score (nSPS) is 11.0. The summed E-state index contributed by atoms with van der Waals surface area (Å²) in [5.41, 5.74) is 3.59. The van der Waals surface area contributed by atoms with Crippen LogP contribution in [-0.2, 0) is 6.54 Å². The summed E-state index contributed by atoms with van der Waals surface area (Å²) in [4.78, 5) is 2.17. The van der Waals surface area contributed by atoms with Gasteiger partial charge < -0.3 is 10.2 Å². The lowest BCUT2D eigenvalue weighted by Crippen LogP contribution is -2.10. The van der Waals surface area contributed by atoms with Crippen LogP contribution in [0.2, 0.25) is 0 Å². The van der Waals surface area contributed by atoms with Gasteiger partial charge in [0, 0.05) is 23.3 Å². The Balaban J connectivity index is 1.85. The van der Waals surface area contributed by atoms with Gasteiger partial charge in [0.25, 0.3) is 0 Å². The highest BCUT2D eigenvalue weighted by Gasteiger charge is 2.01. The molecule has 0 amide bonds. The maximum absolute atomic E-state index is 3.51. The molecule has 2 heteroatoms. The van der Waals surface area contributed by atoms with E-state index >= 15 is 0 Å². The third kappa shape index (κ3) is 3.23. The van der Waals surface area contributed by atoms with Crippen molar-refractivity contribution in [2.75, 3.05) is 19.4 Å². The maximum atomic E-state index is 3.51. The predicted octanol–water partition coefficient (Wildman–Crippen LogP) is 4.65. The van der Waals surface area contributed by atoms with Gasteiger partial charge in [-0.2, -0.15) is 0 Å². The first-order valence-electron chi connectivity index (χ1n) is 7.21. The van der Waals surface area contributed by atoms with E-state index < -0.39 is 0 Å². The summed E-state index contributed by atoms with van der Waals surface area (Å²) in [7, 11) is 4.17. The van der Waals surface area contributed by atoms with Crippen LogP contribution < -0.4 is 5.32 Å². The van der Waals surface area contributed by atoms with Crippen molar-refractivity contribution < 1.29 is 0 Å². The fourth-order valence-corrected chi connectivity index (χ4v) is 2.55. The molecule has 2 nitrogen and oxygen atoms in total. The minimum Gasteiger partial charge on any atom is -0.355 e.